The standard InChI is InChI=1S/C20H26Si/c1-15(2)20(21(3,4)5)18-12-8-6-10-16(18)14-17-11-7-9-13-19(17)20/h6-13,15H,14H2,1-5H3. The van der Waals surface area contributed by atoms with Gasteiger partial charge in [0.1, 0.15) is 0 Å². The summed E-state index contributed by atoms with van der Waals surface area (Å²) in [6.07, 6.45) is 1.09. The van der Waals surface area contributed by atoms with Gasteiger partial charge < -0.3 is 0 Å². The lowest BCUT2D eigenvalue weighted by Gasteiger charge is -2.52. The molecule has 2 aromatic carbocycles. The molecule has 0 unspecified atom stereocenters. The van der Waals surface area contributed by atoms with Crippen molar-refractivity contribution in [3.63, 3.8) is 0 Å². The molecule has 21 heavy (non-hydrogen) atoms. The lowest BCUT2D eigenvalue weighted by Crippen LogP contribution is -2.56. The molecule has 1 aliphatic rings. The van der Waals surface area contributed by atoms with Crippen molar-refractivity contribution < 1.29 is 0 Å². The van der Waals surface area contributed by atoms with Crippen LogP contribution >= 0.6 is 0 Å². The molecule has 0 aliphatic heterocycles. The fraction of sp³-hybridized carbons (Fsp3) is 0.400. The minimum absolute atomic E-state index is 0.221. The van der Waals surface area contributed by atoms with Gasteiger partial charge in [0.05, 0.1) is 8.07 Å². The Balaban J connectivity index is 2.42. The van der Waals surface area contributed by atoms with Crippen LogP contribution in [-0.4, -0.2) is 8.07 Å². The van der Waals surface area contributed by atoms with Crippen LogP contribution in [0.3, 0.4) is 0 Å². The second kappa shape index (κ2) is 4.84. The summed E-state index contributed by atoms with van der Waals surface area (Å²) in [6, 6.07) is 18.3. The van der Waals surface area contributed by atoms with Gasteiger partial charge in [-0.15, -0.1) is 0 Å². The summed E-state index contributed by atoms with van der Waals surface area (Å²) in [6.45, 7) is 12.4. The van der Waals surface area contributed by atoms with E-state index < -0.39 is 8.07 Å². The molecule has 0 heterocycles. The Hall–Kier alpha value is -1.34. The van der Waals surface area contributed by atoms with E-state index in [1.165, 1.54) is 11.1 Å². The van der Waals surface area contributed by atoms with Gasteiger partial charge in [-0.25, -0.2) is 0 Å². The Kier molecular flexibility index (Phi) is 3.36. The maximum atomic E-state index is 2.53. The molecule has 1 heteroatoms. The summed E-state index contributed by atoms with van der Waals surface area (Å²) in [7, 11) is -1.47. The predicted molar refractivity (Wildman–Crippen MR) is 94.7 cm³/mol. The normalized spacial score (nSPS) is 16.5. The molecule has 110 valence electrons. The minimum atomic E-state index is -1.47. The van der Waals surface area contributed by atoms with E-state index in [1.807, 2.05) is 0 Å². The Bertz CT molecular complexity index is 616. The molecule has 0 nitrogen and oxygen atoms in total. The number of fused-ring (bicyclic) bond motifs is 2. The fourth-order valence-corrected chi connectivity index (χ4v) is 8.60. The first-order valence-corrected chi connectivity index (χ1v) is 11.6. The summed E-state index contributed by atoms with van der Waals surface area (Å²) >= 11 is 0. The van der Waals surface area contributed by atoms with Gasteiger partial charge in [-0.3, -0.25) is 0 Å². The van der Waals surface area contributed by atoms with Gasteiger partial charge in [-0.2, -0.15) is 0 Å². The first-order chi connectivity index (χ1) is 9.89. The van der Waals surface area contributed by atoms with Crippen LogP contribution in [0, 0.1) is 5.92 Å². The molecule has 0 amide bonds. The van der Waals surface area contributed by atoms with E-state index >= 15 is 0 Å². The van der Waals surface area contributed by atoms with Crippen molar-refractivity contribution in [3.05, 3.63) is 70.8 Å². The Morgan fingerprint density at radius 1 is 0.810 bits per heavy atom. The molecule has 0 aromatic heterocycles. The van der Waals surface area contributed by atoms with Crippen LogP contribution in [0.2, 0.25) is 19.6 Å². The number of hydrogen-bond donors (Lipinski definition) is 0. The molecule has 1 aliphatic carbocycles. The van der Waals surface area contributed by atoms with Gasteiger partial charge in [-0.05, 0) is 34.6 Å². The zero-order chi connectivity index (χ0) is 15.3. The van der Waals surface area contributed by atoms with Gasteiger partial charge in [0, 0.05) is 5.04 Å². The lowest BCUT2D eigenvalue weighted by atomic mass is 9.72. The van der Waals surface area contributed by atoms with Gasteiger partial charge in [0.15, 0.2) is 0 Å². The minimum Gasteiger partial charge on any atom is -0.0685 e. The molecule has 0 N–H and O–H groups in total. The second-order valence-electron chi connectivity index (χ2n) is 7.70. The molecular formula is C20H26Si. The van der Waals surface area contributed by atoms with E-state index in [-0.39, 0.29) is 5.04 Å². The highest BCUT2D eigenvalue weighted by Gasteiger charge is 2.51. The summed E-state index contributed by atoms with van der Waals surface area (Å²) in [5.41, 5.74) is 6.26. The molecule has 0 saturated heterocycles. The average molecular weight is 295 g/mol. The van der Waals surface area contributed by atoms with Crippen molar-refractivity contribution in [2.24, 2.45) is 5.92 Å². The zero-order valence-corrected chi connectivity index (χ0v) is 14.9. The highest BCUT2D eigenvalue weighted by Crippen LogP contribution is 2.51. The van der Waals surface area contributed by atoms with Gasteiger partial charge in [-0.1, -0.05) is 82.0 Å². The van der Waals surface area contributed by atoms with E-state index in [0.29, 0.717) is 5.92 Å². The molecular weight excluding hydrogens is 268 g/mol. The summed E-state index contributed by atoms with van der Waals surface area (Å²) in [4.78, 5) is 0. The van der Waals surface area contributed by atoms with Crippen molar-refractivity contribution in [1.29, 1.82) is 0 Å². The van der Waals surface area contributed by atoms with Crippen molar-refractivity contribution in [3.8, 4) is 0 Å². The monoisotopic (exact) mass is 294 g/mol. The van der Waals surface area contributed by atoms with Crippen LogP contribution < -0.4 is 0 Å². The van der Waals surface area contributed by atoms with E-state index in [1.54, 1.807) is 11.1 Å². The molecule has 0 fully saturated rings. The highest BCUT2D eigenvalue weighted by molar-refractivity contribution is 6.80. The maximum Gasteiger partial charge on any atom is 0.0616 e. The smallest absolute Gasteiger partial charge is 0.0616 e. The molecule has 0 saturated carbocycles. The van der Waals surface area contributed by atoms with E-state index in [0.717, 1.165) is 6.42 Å². The molecule has 0 spiro atoms. The summed E-state index contributed by atoms with van der Waals surface area (Å²) in [5.74, 6) is 0.617. The van der Waals surface area contributed by atoms with E-state index in [2.05, 4.69) is 82.0 Å². The van der Waals surface area contributed by atoms with Crippen LogP contribution in [0.25, 0.3) is 0 Å². The SMILES string of the molecule is CC(C)C1([Si](C)(C)C)c2ccccc2Cc2ccccc21. The predicted octanol–water partition coefficient (Wildman–Crippen LogP) is 5.41. The third-order valence-corrected chi connectivity index (χ3v) is 8.80. The Labute approximate surface area is 130 Å². The zero-order valence-electron chi connectivity index (χ0n) is 13.9. The van der Waals surface area contributed by atoms with Crippen LogP contribution in [0.15, 0.2) is 48.5 Å². The van der Waals surface area contributed by atoms with Crippen molar-refractivity contribution >= 4 is 8.07 Å². The third kappa shape index (κ3) is 1.94. The summed E-state index contributed by atoms with van der Waals surface area (Å²) in [5, 5.41) is 0.221. The lowest BCUT2D eigenvalue weighted by molar-refractivity contribution is 0.471. The first-order valence-electron chi connectivity index (χ1n) is 8.06. The van der Waals surface area contributed by atoms with Crippen LogP contribution in [-0.2, 0) is 11.5 Å². The highest BCUT2D eigenvalue weighted by atomic mass is 28.3. The first kappa shape index (κ1) is 14.6. The molecule has 2 aromatic rings. The maximum absolute atomic E-state index is 2.53. The van der Waals surface area contributed by atoms with Gasteiger partial charge >= 0.3 is 0 Å². The molecule has 3 rings (SSSR count). The largest absolute Gasteiger partial charge is 0.0685 e. The van der Waals surface area contributed by atoms with E-state index in [9.17, 15) is 0 Å². The quantitative estimate of drug-likeness (QED) is 0.650. The average Bonchev–Trinajstić information content (AvgIpc) is 2.42. The van der Waals surface area contributed by atoms with Crippen LogP contribution in [0.1, 0.15) is 36.1 Å². The third-order valence-electron chi connectivity index (χ3n) is 5.31. The number of hydrogen-bond acceptors (Lipinski definition) is 0. The van der Waals surface area contributed by atoms with E-state index in [4.69, 9.17) is 0 Å². The Morgan fingerprint density at radius 3 is 1.62 bits per heavy atom. The topological polar surface area (TPSA) is 0 Å². The fourth-order valence-electron chi connectivity index (χ4n) is 4.76. The van der Waals surface area contributed by atoms with Crippen molar-refractivity contribution in [2.45, 2.75) is 44.9 Å². The Morgan fingerprint density at radius 2 is 1.24 bits per heavy atom. The number of benzene rings is 2. The van der Waals surface area contributed by atoms with Gasteiger partial charge in [0.2, 0.25) is 0 Å². The van der Waals surface area contributed by atoms with Crippen molar-refractivity contribution in [2.75, 3.05) is 0 Å². The molecule has 0 bridgehead atoms. The molecule has 0 atom stereocenters. The van der Waals surface area contributed by atoms with Crippen LogP contribution in [0.5, 0.6) is 0 Å². The van der Waals surface area contributed by atoms with Crippen LogP contribution in [0.4, 0.5) is 0 Å². The number of rotatable bonds is 2. The molecule has 0 radical (unpaired) electrons. The van der Waals surface area contributed by atoms with Gasteiger partial charge in [0.25, 0.3) is 0 Å². The summed E-state index contributed by atoms with van der Waals surface area (Å²) < 4.78 is 0. The van der Waals surface area contributed by atoms with Crippen molar-refractivity contribution in [1.82, 2.24) is 0 Å². The second-order valence-corrected chi connectivity index (χ2v) is 13.0.